The maximum absolute atomic E-state index is 13.2. The lowest BCUT2D eigenvalue weighted by atomic mass is 9.77. The molecule has 182 valence electrons. The zero-order valence-electron chi connectivity index (χ0n) is 20.8. The van der Waals surface area contributed by atoms with Crippen LogP contribution in [0.2, 0.25) is 10.0 Å². The number of imidazole rings is 1. The standard InChI is InChI=1S/C26H32Cl2N4O2/c1-25(2)13-16(14-26(3,4)32(25)6)29-24(33)15-8-9-17(22(10-15)34-7)23-30-20-11-18(27)19(28)12-21(20)31(23)5/h8-12,16H,13-14H2,1-7H3,(H,29,33). The van der Waals surface area contributed by atoms with Crippen LogP contribution in [0.4, 0.5) is 0 Å². The molecule has 2 aromatic carbocycles. The molecule has 0 saturated carbocycles. The first-order chi connectivity index (χ1) is 15.8. The number of likely N-dealkylation sites (tertiary alicyclic amines) is 1. The van der Waals surface area contributed by atoms with Gasteiger partial charge in [-0.25, -0.2) is 4.98 Å². The van der Waals surface area contributed by atoms with Crippen LogP contribution in [0.15, 0.2) is 30.3 Å². The smallest absolute Gasteiger partial charge is 0.251 e. The second-order valence-corrected chi connectivity index (χ2v) is 11.2. The maximum atomic E-state index is 13.2. The molecular formula is C26H32Cl2N4O2. The van der Waals surface area contributed by atoms with Crippen LogP contribution in [0.1, 0.15) is 50.9 Å². The van der Waals surface area contributed by atoms with Crippen LogP contribution in [0.25, 0.3) is 22.4 Å². The van der Waals surface area contributed by atoms with Crippen LogP contribution in [0, 0.1) is 0 Å². The topological polar surface area (TPSA) is 59.4 Å². The maximum Gasteiger partial charge on any atom is 0.251 e. The van der Waals surface area contributed by atoms with Gasteiger partial charge in [0.05, 0.1) is 33.8 Å². The average Bonchev–Trinajstić information content (AvgIpc) is 3.06. The van der Waals surface area contributed by atoms with Crippen molar-refractivity contribution < 1.29 is 9.53 Å². The summed E-state index contributed by atoms with van der Waals surface area (Å²) in [4.78, 5) is 20.3. The Labute approximate surface area is 211 Å². The summed E-state index contributed by atoms with van der Waals surface area (Å²) >= 11 is 12.4. The monoisotopic (exact) mass is 502 g/mol. The number of piperidine rings is 1. The van der Waals surface area contributed by atoms with E-state index in [1.807, 2.05) is 23.7 Å². The molecule has 1 amide bonds. The molecule has 0 aliphatic carbocycles. The first-order valence-electron chi connectivity index (χ1n) is 11.4. The summed E-state index contributed by atoms with van der Waals surface area (Å²) in [5, 5.41) is 4.18. The third-order valence-electron chi connectivity index (χ3n) is 7.27. The summed E-state index contributed by atoms with van der Waals surface area (Å²) in [6.45, 7) is 8.90. The van der Waals surface area contributed by atoms with Crippen LogP contribution in [0.3, 0.4) is 0 Å². The Balaban J connectivity index is 1.62. The first-order valence-corrected chi connectivity index (χ1v) is 12.1. The van der Waals surface area contributed by atoms with Crippen molar-refractivity contribution in [1.29, 1.82) is 0 Å². The number of amides is 1. The Morgan fingerprint density at radius 1 is 1.06 bits per heavy atom. The average molecular weight is 503 g/mol. The van der Waals surface area contributed by atoms with Crippen molar-refractivity contribution >= 4 is 40.1 Å². The lowest BCUT2D eigenvalue weighted by molar-refractivity contribution is -0.0169. The molecule has 0 atom stereocenters. The molecule has 2 heterocycles. The highest BCUT2D eigenvalue weighted by Gasteiger charge is 2.43. The van der Waals surface area contributed by atoms with E-state index < -0.39 is 0 Å². The number of hydrogen-bond donors (Lipinski definition) is 1. The number of aromatic nitrogens is 2. The van der Waals surface area contributed by atoms with Crippen molar-refractivity contribution in [2.45, 2.75) is 57.7 Å². The highest BCUT2D eigenvalue weighted by molar-refractivity contribution is 6.42. The van der Waals surface area contributed by atoms with Gasteiger partial charge in [-0.05, 0) is 77.9 Å². The summed E-state index contributed by atoms with van der Waals surface area (Å²) in [6, 6.07) is 9.11. The van der Waals surface area contributed by atoms with Gasteiger partial charge in [0.15, 0.2) is 0 Å². The van der Waals surface area contributed by atoms with Gasteiger partial charge >= 0.3 is 0 Å². The number of aryl methyl sites for hydroxylation is 1. The van der Waals surface area contributed by atoms with E-state index in [0.29, 0.717) is 27.2 Å². The highest BCUT2D eigenvalue weighted by Crippen LogP contribution is 2.38. The number of benzene rings is 2. The molecule has 8 heteroatoms. The summed E-state index contributed by atoms with van der Waals surface area (Å²) in [7, 11) is 5.67. The second-order valence-electron chi connectivity index (χ2n) is 10.4. The molecule has 0 spiro atoms. The molecule has 3 aromatic rings. The van der Waals surface area contributed by atoms with E-state index in [9.17, 15) is 4.79 Å². The van der Waals surface area contributed by atoms with Gasteiger partial charge in [-0.2, -0.15) is 0 Å². The zero-order chi connectivity index (χ0) is 25.0. The minimum Gasteiger partial charge on any atom is -0.496 e. The Morgan fingerprint density at radius 2 is 1.68 bits per heavy atom. The molecule has 1 saturated heterocycles. The van der Waals surface area contributed by atoms with E-state index in [1.54, 1.807) is 25.3 Å². The van der Waals surface area contributed by atoms with E-state index in [2.05, 4.69) is 45.0 Å². The van der Waals surface area contributed by atoms with Crippen molar-refractivity contribution in [3.05, 3.63) is 45.9 Å². The molecule has 1 aromatic heterocycles. The van der Waals surface area contributed by atoms with Gasteiger partial charge in [-0.1, -0.05) is 23.2 Å². The molecule has 1 fully saturated rings. The van der Waals surface area contributed by atoms with E-state index in [-0.39, 0.29) is 23.0 Å². The number of methoxy groups -OCH3 is 1. The normalized spacial score (nSPS) is 18.3. The SMILES string of the molecule is COc1cc(C(=O)NC2CC(C)(C)N(C)C(C)(C)C2)ccc1-c1nc2cc(Cl)c(Cl)cc2n1C. The van der Waals surface area contributed by atoms with Gasteiger partial charge in [0, 0.05) is 29.7 Å². The number of fused-ring (bicyclic) bond motifs is 1. The van der Waals surface area contributed by atoms with Gasteiger partial charge in [0.2, 0.25) is 0 Å². The second kappa shape index (κ2) is 8.74. The quantitative estimate of drug-likeness (QED) is 0.479. The number of nitrogens with one attached hydrogen (secondary N) is 1. The Hall–Kier alpha value is -2.28. The van der Waals surface area contributed by atoms with Gasteiger partial charge in [0.25, 0.3) is 5.91 Å². The fraction of sp³-hybridized carbons (Fsp3) is 0.462. The lowest BCUT2D eigenvalue weighted by Crippen LogP contribution is -2.62. The molecule has 4 rings (SSSR count). The zero-order valence-corrected chi connectivity index (χ0v) is 22.3. The Kier molecular flexibility index (Phi) is 6.38. The number of rotatable bonds is 4. The molecule has 1 aliphatic rings. The Morgan fingerprint density at radius 3 is 2.29 bits per heavy atom. The van der Waals surface area contributed by atoms with E-state index >= 15 is 0 Å². The lowest BCUT2D eigenvalue weighted by Gasteiger charge is -2.53. The molecule has 0 bridgehead atoms. The predicted octanol–water partition coefficient (Wildman–Crippen LogP) is 5.94. The number of carbonyl (C=O) groups excluding carboxylic acids is 1. The van der Waals surface area contributed by atoms with Crippen molar-refractivity contribution in [2.75, 3.05) is 14.2 Å². The molecule has 0 radical (unpaired) electrons. The first kappa shape index (κ1) is 24.8. The van der Waals surface area contributed by atoms with E-state index in [1.165, 1.54) is 0 Å². The fourth-order valence-electron chi connectivity index (χ4n) is 5.19. The van der Waals surface area contributed by atoms with Gasteiger partial charge in [-0.3, -0.25) is 9.69 Å². The number of ether oxygens (including phenoxy) is 1. The van der Waals surface area contributed by atoms with Crippen LogP contribution in [-0.2, 0) is 7.05 Å². The van der Waals surface area contributed by atoms with Crippen molar-refractivity contribution in [2.24, 2.45) is 7.05 Å². The minimum absolute atomic E-state index is 0.00670. The summed E-state index contributed by atoms with van der Waals surface area (Å²) in [5.74, 6) is 1.18. The van der Waals surface area contributed by atoms with Crippen molar-refractivity contribution in [3.8, 4) is 17.1 Å². The summed E-state index contributed by atoms with van der Waals surface area (Å²) < 4.78 is 7.61. The summed E-state index contributed by atoms with van der Waals surface area (Å²) in [6.07, 6.45) is 1.78. The molecular weight excluding hydrogens is 471 g/mol. The highest BCUT2D eigenvalue weighted by atomic mass is 35.5. The number of nitrogens with zero attached hydrogens (tertiary/aromatic N) is 3. The number of halogens is 2. The van der Waals surface area contributed by atoms with Crippen LogP contribution < -0.4 is 10.1 Å². The fourth-order valence-corrected chi connectivity index (χ4v) is 5.50. The van der Waals surface area contributed by atoms with Crippen LogP contribution >= 0.6 is 23.2 Å². The predicted molar refractivity (Wildman–Crippen MR) is 139 cm³/mol. The summed E-state index contributed by atoms with van der Waals surface area (Å²) in [5.41, 5.74) is 2.93. The molecule has 34 heavy (non-hydrogen) atoms. The number of hydrogen-bond acceptors (Lipinski definition) is 4. The van der Waals surface area contributed by atoms with Crippen LogP contribution in [-0.4, -0.2) is 51.6 Å². The number of carbonyl (C=O) groups is 1. The molecule has 6 nitrogen and oxygen atoms in total. The van der Waals surface area contributed by atoms with Crippen molar-refractivity contribution in [3.63, 3.8) is 0 Å². The van der Waals surface area contributed by atoms with Gasteiger partial charge < -0.3 is 14.6 Å². The van der Waals surface area contributed by atoms with Gasteiger partial charge in [0.1, 0.15) is 11.6 Å². The molecule has 0 unspecified atom stereocenters. The Bertz CT molecular complexity index is 1250. The van der Waals surface area contributed by atoms with Gasteiger partial charge in [-0.15, -0.1) is 0 Å². The largest absolute Gasteiger partial charge is 0.496 e. The van der Waals surface area contributed by atoms with Crippen molar-refractivity contribution in [1.82, 2.24) is 19.8 Å². The van der Waals surface area contributed by atoms with Crippen LogP contribution in [0.5, 0.6) is 5.75 Å². The minimum atomic E-state index is -0.102. The molecule has 1 aliphatic heterocycles. The third kappa shape index (κ3) is 4.39. The van der Waals surface area contributed by atoms with E-state index in [0.717, 1.165) is 29.4 Å². The van der Waals surface area contributed by atoms with E-state index in [4.69, 9.17) is 32.9 Å². The third-order valence-corrected chi connectivity index (χ3v) is 7.99. The molecule has 1 N–H and O–H groups in total.